The number of rotatable bonds is 4. The molecule has 0 saturated heterocycles. The van der Waals surface area contributed by atoms with Gasteiger partial charge in [0.05, 0.1) is 10.9 Å². The number of ether oxygens (including phenoxy) is 2. The monoisotopic (exact) mass is 470 g/mol. The smallest absolute Gasteiger partial charge is 0.344 e. The highest BCUT2D eigenvalue weighted by Crippen LogP contribution is 2.30. The van der Waals surface area contributed by atoms with Gasteiger partial charge in [-0.3, -0.25) is 4.79 Å². The van der Waals surface area contributed by atoms with Crippen molar-refractivity contribution in [3.63, 3.8) is 0 Å². The van der Waals surface area contributed by atoms with E-state index in [0.29, 0.717) is 21.7 Å². The lowest BCUT2D eigenvalue weighted by atomic mass is 10.0. The van der Waals surface area contributed by atoms with Crippen LogP contribution >= 0.6 is 11.6 Å². The normalized spacial score (nSPS) is 11.0. The average molecular weight is 471 g/mol. The molecule has 0 aliphatic heterocycles. The second-order valence-corrected chi connectivity index (χ2v) is 8.35. The lowest BCUT2D eigenvalue weighted by Gasteiger charge is -2.10. The van der Waals surface area contributed by atoms with Gasteiger partial charge in [-0.2, -0.15) is 0 Å². The molecule has 0 amide bonds. The number of fused-ring (bicyclic) bond motifs is 2. The number of benzene rings is 4. The number of esters is 1. The maximum atomic E-state index is 13.0. The predicted molar refractivity (Wildman–Crippen MR) is 132 cm³/mol. The summed E-state index contributed by atoms with van der Waals surface area (Å²) >= 11 is 6.21. The van der Waals surface area contributed by atoms with Crippen LogP contribution in [0.15, 0.2) is 88.3 Å². The summed E-state index contributed by atoms with van der Waals surface area (Å²) in [6.45, 7) is 3.73. The van der Waals surface area contributed by atoms with Crippen LogP contribution in [-0.4, -0.2) is 5.97 Å². The molecular weight excluding hydrogens is 452 g/mol. The first-order valence-electron chi connectivity index (χ1n) is 10.6. The van der Waals surface area contributed by atoms with Gasteiger partial charge in [0.15, 0.2) is 0 Å². The van der Waals surface area contributed by atoms with E-state index in [0.717, 1.165) is 21.9 Å². The Hall–Kier alpha value is -4.09. The molecule has 0 unspecified atom stereocenters. The first kappa shape index (κ1) is 21.7. The van der Waals surface area contributed by atoms with E-state index in [4.69, 9.17) is 25.5 Å². The minimum atomic E-state index is -0.494. The van der Waals surface area contributed by atoms with E-state index in [9.17, 15) is 9.59 Å². The maximum Gasteiger partial charge on any atom is 0.344 e. The summed E-state index contributed by atoms with van der Waals surface area (Å²) in [7, 11) is 0. The van der Waals surface area contributed by atoms with Crippen molar-refractivity contribution in [3.8, 4) is 17.2 Å². The Balaban J connectivity index is 1.43. The summed E-state index contributed by atoms with van der Waals surface area (Å²) in [6, 6.07) is 21.2. The van der Waals surface area contributed by atoms with Crippen LogP contribution in [0.5, 0.6) is 17.2 Å². The third-order valence-electron chi connectivity index (χ3n) is 5.57. The fourth-order valence-electron chi connectivity index (χ4n) is 3.88. The van der Waals surface area contributed by atoms with E-state index in [1.807, 2.05) is 50.2 Å². The molecule has 0 bridgehead atoms. The molecule has 1 heterocycles. The van der Waals surface area contributed by atoms with E-state index in [1.54, 1.807) is 30.3 Å². The number of carbonyl (C=O) groups excluding carboxylic acids is 1. The molecule has 1 aromatic heterocycles. The molecule has 5 rings (SSSR count). The molecule has 4 aromatic carbocycles. The molecule has 5 aromatic rings. The summed E-state index contributed by atoms with van der Waals surface area (Å²) < 4.78 is 17.0. The van der Waals surface area contributed by atoms with E-state index in [1.165, 1.54) is 12.3 Å². The number of hydrogen-bond donors (Lipinski definition) is 0. The molecule has 5 nitrogen and oxygen atoms in total. The number of aryl methyl sites for hydroxylation is 2. The van der Waals surface area contributed by atoms with Gasteiger partial charge in [-0.25, -0.2) is 4.79 Å². The van der Waals surface area contributed by atoms with Gasteiger partial charge in [0.25, 0.3) is 0 Å². The number of carbonyl (C=O) groups is 1. The Kier molecular flexibility index (Phi) is 5.56. The minimum Gasteiger partial charge on any atom is -0.460 e. The van der Waals surface area contributed by atoms with Crippen molar-refractivity contribution in [1.82, 2.24) is 0 Å². The Morgan fingerprint density at radius 3 is 2.38 bits per heavy atom. The summed E-state index contributed by atoms with van der Waals surface area (Å²) in [6.07, 6.45) is 1.25. The number of halogens is 1. The van der Waals surface area contributed by atoms with Crippen molar-refractivity contribution < 1.29 is 18.7 Å². The Morgan fingerprint density at radius 1 is 0.853 bits per heavy atom. The Bertz CT molecular complexity index is 1610. The first-order valence-corrected chi connectivity index (χ1v) is 11.0. The SMILES string of the molecule is Cc1cc(Oc2coc3cc(OC(=O)c4cccc5ccccc45)ccc3c2=O)cc(C)c1Cl. The van der Waals surface area contributed by atoms with Crippen LogP contribution in [-0.2, 0) is 0 Å². The average Bonchev–Trinajstić information content (AvgIpc) is 2.84. The molecule has 6 heteroatoms. The van der Waals surface area contributed by atoms with Crippen LogP contribution < -0.4 is 14.9 Å². The largest absolute Gasteiger partial charge is 0.460 e. The van der Waals surface area contributed by atoms with Gasteiger partial charge >= 0.3 is 5.97 Å². The van der Waals surface area contributed by atoms with Crippen molar-refractivity contribution in [3.05, 3.63) is 111 Å². The van der Waals surface area contributed by atoms with E-state index in [-0.39, 0.29) is 22.5 Å². The highest BCUT2D eigenvalue weighted by Gasteiger charge is 2.15. The first-order chi connectivity index (χ1) is 16.4. The standard InChI is InChI=1S/C28H19ClO5/c1-16-12-20(13-17(2)26(16)29)33-25-15-32-24-14-19(10-11-23(24)27(25)30)34-28(31)22-9-5-7-18-6-3-4-8-21(18)22/h3-15H,1-2H3. The summed E-state index contributed by atoms with van der Waals surface area (Å²) in [5.41, 5.74) is 2.10. The molecule has 0 aliphatic rings. The van der Waals surface area contributed by atoms with Crippen LogP contribution in [0.2, 0.25) is 5.02 Å². The molecule has 0 N–H and O–H groups in total. The molecule has 0 aliphatic carbocycles. The Labute approximate surface area is 200 Å². The highest BCUT2D eigenvalue weighted by atomic mass is 35.5. The second-order valence-electron chi connectivity index (χ2n) is 7.98. The molecule has 0 spiro atoms. The summed E-state index contributed by atoms with van der Waals surface area (Å²) in [4.78, 5) is 25.8. The van der Waals surface area contributed by atoms with Gasteiger partial charge in [-0.05, 0) is 66.1 Å². The predicted octanol–water partition coefficient (Wildman–Crippen LogP) is 7.23. The van der Waals surface area contributed by atoms with Crippen molar-refractivity contribution in [2.24, 2.45) is 0 Å². The van der Waals surface area contributed by atoms with Crippen molar-refractivity contribution in [1.29, 1.82) is 0 Å². The molecule has 168 valence electrons. The fourth-order valence-corrected chi connectivity index (χ4v) is 3.99. The van der Waals surface area contributed by atoms with Crippen LogP contribution in [0.25, 0.3) is 21.7 Å². The van der Waals surface area contributed by atoms with Gasteiger partial charge in [0.2, 0.25) is 11.2 Å². The lowest BCUT2D eigenvalue weighted by molar-refractivity contribution is 0.0737. The van der Waals surface area contributed by atoms with E-state index in [2.05, 4.69) is 0 Å². The highest BCUT2D eigenvalue weighted by molar-refractivity contribution is 6.32. The zero-order valence-electron chi connectivity index (χ0n) is 18.4. The lowest BCUT2D eigenvalue weighted by Crippen LogP contribution is -2.09. The van der Waals surface area contributed by atoms with Gasteiger partial charge in [-0.1, -0.05) is 48.0 Å². The van der Waals surface area contributed by atoms with Gasteiger partial charge in [0, 0.05) is 11.1 Å². The molecule has 0 radical (unpaired) electrons. The van der Waals surface area contributed by atoms with Crippen LogP contribution in [0.1, 0.15) is 21.5 Å². The zero-order chi connectivity index (χ0) is 23.8. The second kappa shape index (κ2) is 8.69. The molecular formula is C28H19ClO5. The third kappa shape index (κ3) is 4.02. The van der Waals surface area contributed by atoms with Crippen molar-refractivity contribution in [2.45, 2.75) is 13.8 Å². The van der Waals surface area contributed by atoms with E-state index < -0.39 is 5.97 Å². The topological polar surface area (TPSA) is 65.7 Å². The molecule has 0 saturated carbocycles. The minimum absolute atomic E-state index is 0.0501. The number of hydrogen-bond acceptors (Lipinski definition) is 5. The van der Waals surface area contributed by atoms with Crippen LogP contribution in [0, 0.1) is 13.8 Å². The molecule has 0 atom stereocenters. The van der Waals surface area contributed by atoms with E-state index >= 15 is 0 Å². The fraction of sp³-hybridized carbons (Fsp3) is 0.0714. The van der Waals surface area contributed by atoms with Crippen molar-refractivity contribution >= 4 is 39.3 Å². The maximum absolute atomic E-state index is 13.0. The Morgan fingerprint density at radius 2 is 1.59 bits per heavy atom. The third-order valence-corrected chi connectivity index (χ3v) is 6.17. The van der Waals surface area contributed by atoms with Crippen LogP contribution in [0.3, 0.4) is 0 Å². The van der Waals surface area contributed by atoms with Gasteiger partial charge in [-0.15, -0.1) is 0 Å². The molecule has 0 fully saturated rings. The van der Waals surface area contributed by atoms with Crippen LogP contribution in [0.4, 0.5) is 0 Å². The zero-order valence-corrected chi connectivity index (χ0v) is 19.2. The van der Waals surface area contributed by atoms with Gasteiger partial charge in [0.1, 0.15) is 23.3 Å². The van der Waals surface area contributed by atoms with Gasteiger partial charge < -0.3 is 13.9 Å². The summed E-state index contributed by atoms with van der Waals surface area (Å²) in [5.74, 6) is 0.318. The van der Waals surface area contributed by atoms with Crippen molar-refractivity contribution in [2.75, 3.05) is 0 Å². The quantitative estimate of drug-likeness (QED) is 0.205. The molecule has 34 heavy (non-hydrogen) atoms. The summed E-state index contributed by atoms with van der Waals surface area (Å²) in [5, 5.41) is 2.71.